The van der Waals surface area contributed by atoms with Crippen molar-refractivity contribution in [1.29, 1.82) is 5.41 Å². The average Bonchev–Trinajstić information content (AvgIpc) is 2.41. The third-order valence-corrected chi connectivity index (χ3v) is 4.17. The standard InChI is InChI=1S/C14H18BN2/c16-14(12-4-2-1-3-5-12)15-13-10-17-8-6-11(13)7-9-17/h1-5,11,13,16H,6-10H2. The summed E-state index contributed by atoms with van der Waals surface area (Å²) >= 11 is 0. The highest BCUT2D eigenvalue weighted by atomic mass is 15.1. The average molecular weight is 225 g/mol. The van der Waals surface area contributed by atoms with E-state index in [1.807, 2.05) is 30.3 Å². The van der Waals surface area contributed by atoms with Crippen molar-refractivity contribution in [2.45, 2.75) is 18.7 Å². The molecule has 0 spiro atoms. The Hall–Kier alpha value is -1.09. The summed E-state index contributed by atoms with van der Waals surface area (Å²) in [6.07, 6.45) is 2.65. The second-order valence-electron chi connectivity index (χ2n) is 5.25. The molecule has 0 aliphatic carbocycles. The highest BCUT2D eigenvalue weighted by Crippen LogP contribution is 2.35. The molecule has 4 rings (SSSR count). The van der Waals surface area contributed by atoms with Crippen LogP contribution in [0.25, 0.3) is 0 Å². The van der Waals surface area contributed by atoms with Crippen LogP contribution in [0.1, 0.15) is 18.4 Å². The Balaban J connectivity index is 1.66. The molecular formula is C14H18BN2. The predicted molar refractivity (Wildman–Crippen MR) is 71.9 cm³/mol. The molecule has 3 fully saturated rings. The van der Waals surface area contributed by atoms with Gasteiger partial charge in [0.15, 0.2) is 7.28 Å². The van der Waals surface area contributed by atoms with Crippen LogP contribution >= 0.6 is 0 Å². The lowest BCUT2D eigenvalue weighted by atomic mass is 9.51. The van der Waals surface area contributed by atoms with Crippen molar-refractivity contribution in [3.8, 4) is 0 Å². The summed E-state index contributed by atoms with van der Waals surface area (Å²) < 4.78 is 0. The van der Waals surface area contributed by atoms with Gasteiger partial charge in [-0.15, -0.1) is 0 Å². The van der Waals surface area contributed by atoms with Crippen LogP contribution in [0.5, 0.6) is 0 Å². The smallest absolute Gasteiger partial charge is 0.182 e. The van der Waals surface area contributed by atoms with Crippen LogP contribution in [-0.2, 0) is 0 Å². The number of benzene rings is 1. The Bertz CT molecular complexity index is 396. The number of hydrogen-bond acceptors (Lipinski definition) is 2. The second-order valence-corrected chi connectivity index (χ2v) is 5.25. The van der Waals surface area contributed by atoms with Crippen molar-refractivity contribution in [2.75, 3.05) is 19.6 Å². The van der Waals surface area contributed by atoms with Gasteiger partial charge in [0, 0.05) is 0 Å². The SMILES string of the molecule is N=C([B]C1CN2CCC1CC2)c1ccccc1. The van der Waals surface area contributed by atoms with Crippen molar-refractivity contribution < 1.29 is 0 Å². The summed E-state index contributed by atoms with van der Waals surface area (Å²) in [5, 5.41) is 8.17. The van der Waals surface area contributed by atoms with E-state index in [-0.39, 0.29) is 0 Å². The van der Waals surface area contributed by atoms with Gasteiger partial charge in [-0.2, -0.15) is 0 Å². The molecule has 1 radical (unpaired) electrons. The Morgan fingerprint density at radius 3 is 2.47 bits per heavy atom. The quantitative estimate of drug-likeness (QED) is 0.619. The van der Waals surface area contributed by atoms with Crippen molar-refractivity contribution in [1.82, 2.24) is 4.90 Å². The van der Waals surface area contributed by atoms with Crippen LogP contribution in [0.4, 0.5) is 0 Å². The number of hydrogen-bond donors (Lipinski definition) is 1. The van der Waals surface area contributed by atoms with E-state index in [2.05, 4.69) is 12.2 Å². The molecule has 1 atom stereocenters. The minimum absolute atomic E-state index is 0.602. The zero-order valence-electron chi connectivity index (χ0n) is 10.1. The normalized spacial score (nSPS) is 31.2. The van der Waals surface area contributed by atoms with E-state index in [1.54, 1.807) is 0 Å². The van der Waals surface area contributed by atoms with Crippen LogP contribution in [-0.4, -0.2) is 37.4 Å². The van der Waals surface area contributed by atoms with Gasteiger partial charge in [0.1, 0.15) is 0 Å². The predicted octanol–water partition coefficient (Wildman–Crippen LogP) is 2.23. The molecule has 0 saturated carbocycles. The molecule has 87 valence electrons. The minimum Gasteiger partial charge on any atom is -0.315 e. The second kappa shape index (κ2) is 4.65. The van der Waals surface area contributed by atoms with Crippen LogP contribution in [0, 0.1) is 11.3 Å². The molecule has 3 aliphatic rings. The highest BCUT2D eigenvalue weighted by Gasteiger charge is 2.34. The zero-order valence-corrected chi connectivity index (χ0v) is 10.1. The van der Waals surface area contributed by atoms with Gasteiger partial charge in [0.2, 0.25) is 0 Å². The third kappa shape index (κ3) is 2.30. The van der Waals surface area contributed by atoms with Gasteiger partial charge in [-0.3, -0.25) is 0 Å². The molecule has 3 aliphatic heterocycles. The van der Waals surface area contributed by atoms with Gasteiger partial charge in [-0.1, -0.05) is 30.3 Å². The summed E-state index contributed by atoms with van der Waals surface area (Å²) in [5.41, 5.74) is 1.74. The first-order valence-electron chi connectivity index (χ1n) is 6.54. The molecule has 3 saturated heterocycles. The fourth-order valence-electron chi connectivity index (χ4n) is 3.13. The van der Waals surface area contributed by atoms with Crippen LogP contribution in [0.3, 0.4) is 0 Å². The van der Waals surface area contributed by atoms with Crippen molar-refractivity contribution in [3.05, 3.63) is 35.9 Å². The topological polar surface area (TPSA) is 27.1 Å². The summed E-state index contributed by atoms with van der Waals surface area (Å²) in [7, 11) is 2.19. The van der Waals surface area contributed by atoms with E-state index in [4.69, 9.17) is 5.41 Å². The van der Waals surface area contributed by atoms with E-state index in [0.29, 0.717) is 11.4 Å². The lowest BCUT2D eigenvalue weighted by Gasteiger charge is -2.44. The maximum absolute atomic E-state index is 8.17. The molecule has 2 bridgehead atoms. The van der Waals surface area contributed by atoms with Crippen molar-refractivity contribution >= 4 is 12.9 Å². The molecule has 0 amide bonds. The first-order chi connectivity index (χ1) is 8.33. The molecule has 1 aromatic rings. The fourth-order valence-corrected chi connectivity index (χ4v) is 3.13. The first-order valence-corrected chi connectivity index (χ1v) is 6.54. The van der Waals surface area contributed by atoms with Gasteiger partial charge >= 0.3 is 0 Å². The molecule has 1 unspecified atom stereocenters. The first kappa shape index (κ1) is 11.0. The Morgan fingerprint density at radius 2 is 1.88 bits per heavy atom. The summed E-state index contributed by atoms with van der Waals surface area (Å²) in [6.45, 7) is 3.71. The van der Waals surface area contributed by atoms with E-state index in [1.165, 1.54) is 32.5 Å². The highest BCUT2D eigenvalue weighted by molar-refractivity contribution is 6.79. The molecule has 1 N–H and O–H groups in total. The molecular weight excluding hydrogens is 207 g/mol. The number of nitrogens with zero attached hydrogens (tertiary/aromatic N) is 1. The molecule has 2 nitrogen and oxygen atoms in total. The van der Waals surface area contributed by atoms with E-state index < -0.39 is 0 Å². The number of fused-ring (bicyclic) bond motifs is 3. The van der Waals surface area contributed by atoms with Gasteiger partial charge in [0.05, 0.1) is 0 Å². The van der Waals surface area contributed by atoms with Gasteiger partial charge < -0.3 is 10.3 Å². The molecule has 3 heterocycles. The summed E-state index contributed by atoms with van der Waals surface area (Å²) in [5.74, 6) is 1.43. The molecule has 0 aromatic heterocycles. The third-order valence-electron chi connectivity index (χ3n) is 4.17. The van der Waals surface area contributed by atoms with E-state index in [9.17, 15) is 0 Å². The number of rotatable bonds is 3. The van der Waals surface area contributed by atoms with E-state index in [0.717, 1.165) is 11.5 Å². The van der Waals surface area contributed by atoms with Crippen LogP contribution in [0.15, 0.2) is 30.3 Å². The maximum Gasteiger partial charge on any atom is 0.182 e. The van der Waals surface area contributed by atoms with Gasteiger partial charge in [0.25, 0.3) is 0 Å². The van der Waals surface area contributed by atoms with Gasteiger partial charge in [-0.25, -0.2) is 0 Å². The summed E-state index contributed by atoms with van der Waals surface area (Å²) in [6, 6.07) is 10.1. The summed E-state index contributed by atoms with van der Waals surface area (Å²) in [4.78, 5) is 2.54. The zero-order chi connectivity index (χ0) is 11.7. The molecule has 3 heteroatoms. The van der Waals surface area contributed by atoms with Crippen LogP contribution < -0.4 is 0 Å². The van der Waals surface area contributed by atoms with Crippen LogP contribution in [0.2, 0.25) is 5.82 Å². The lowest BCUT2D eigenvalue weighted by Crippen LogP contribution is -2.47. The minimum atomic E-state index is 0.602. The Kier molecular flexibility index (Phi) is 3.02. The van der Waals surface area contributed by atoms with Gasteiger partial charge in [-0.05, 0) is 55.4 Å². The maximum atomic E-state index is 8.17. The Morgan fingerprint density at radius 1 is 1.18 bits per heavy atom. The largest absolute Gasteiger partial charge is 0.315 e. The van der Waals surface area contributed by atoms with E-state index >= 15 is 0 Å². The number of piperidine rings is 3. The van der Waals surface area contributed by atoms with Crippen molar-refractivity contribution in [3.63, 3.8) is 0 Å². The molecule has 17 heavy (non-hydrogen) atoms. The van der Waals surface area contributed by atoms with Crippen molar-refractivity contribution in [2.24, 2.45) is 5.92 Å². The monoisotopic (exact) mass is 225 g/mol. The Labute approximate surface area is 104 Å². The number of nitrogens with one attached hydrogen (secondary N) is 1. The lowest BCUT2D eigenvalue weighted by molar-refractivity contribution is 0.112. The fraction of sp³-hybridized carbons (Fsp3) is 0.500. The molecule has 1 aromatic carbocycles.